The third-order valence-electron chi connectivity index (χ3n) is 6.77. The van der Waals surface area contributed by atoms with Crippen molar-refractivity contribution >= 4 is 20.0 Å². The average molecular weight is 431 g/mol. The summed E-state index contributed by atoms with van der Waals surface area (Å²) in [7, 11) is 1.06. The van der Waals surface area contributed by atoms with E-state index in [2.05, 4.69) is 33.8 Å². The normalized spacial score (nSPS) is 13.9. The minimum absolute atomic E-state index is 0.247. The summed E-state index contributed by atoms with van der Waals surface area (Å²) in [6, 6.07) is 13.0. The van der Waals surface area contributed by atoms with Crippen molar-refractivity contribution in [3.63, 3.8) is 0 Å². The maximum absolute atomic E-state index is 13.2. The SMILES string of the molecule is C/C=C/C(c1ccccc1)C(C/C=C(\C)[Si](CC)(CC)CC)(C(=O)OC)C(=O)OC. The zero-order valence-electron chi connectivity index (χ0n) is 19.7. The van der Waals surface area contributed by atoms with Gasteiger partial charge in [-0.3, -0.25) is 9.59 Å². The van der Waals surface area contributed by atoms with Crippen molar-refractivity contribution in [1.29, 1.82) is 0 Å². The van der Waals surface area contributed by atoms with Crippen molar-refractivity contribution in [2.24, 2.45) is 5.41 Å². The summed E-state index contributed by atoms with van der Waals surface area (Å²) >= 11 is 0. The van der Waals surface area contributed by atoms with Crippen molar-refractivity contribution in [1.82, 2.24) is 0 Å². The lowest BCUT2D eigenvalue weighted by atomic mass is 9.69. The molecule has 0 aliphatic carbocycles. The Kier molecular flexibility index (Phi) is 10.3. The molecule has 0 fully saturated rings. The summed E-state index contributed by atoms with van der Waals surface area (Å²) in [6.07, 6.45) is 6.13. The second-order valence-electron chi connectivity index (χ2n) is 7.80. The molecular formula is C25H38O4Si. The average Bonchev–Trinajstić information content (AvgIpc) is 2.79. The molecule has 0 saturated carbocycles. The van der Waals surface area contributed by atoms with E-state index in [-0.39, 0.29) is 6.42 Å². The molecule has 0 N–H and O–H groups in total. The number of carbonyl (C=O) groups is 2. The summed E-state index contributed by atoms with van der Waals surface area (Å²) in [4.78, 5) is 26.4. The van der Waals surface area contributed by atoms with E-state index in [1.165, 1.54) is 19.4 Å². The fourth-order valence-electron chi connectivity index (χ4n) is 4.52. The van der Waals surface area contributed by atoms with Crippen LogP contribution in [0.5, 0.6) is 0 Å². The molecule has 0 spiro atoms. The summed E-state index contributed by atoms with van der Waals surface area (Å²) in [5.74, 6) is -1.63. The van der Waals surface area contributed by atoms with Crippen LogP contribution in [-0.4, -0.2) is 34.2 Å². The topological polar surface area (TPSA) is 52.6 Å². The van der Waals surface area contributed by atoms with Crippen molar-refractivity contribution < 1.29 is 19.1 Å². The molecule has 0 bridgehead atoms. The van der Waals surface area contributed by atoms with Gasteiger partial charge in [-0.1, -0.05) is 92.7 Å². The highest BCUT2D eigenvalue weighted by Gasteiger charge is 2.53. The lowest BCUT2D eigenvalue weighted by molar-refractivity contribution is -0.170. The van der Waals surface area contributed by atoms with Gasteiger partial charge >= 0.3 is 11.9 Å². The van der Waals surface area contributed by atoms with Gasteiger partial charge in [-0.15, -0.1) is 0 Å². The van der Waals surface area contributed by atoms with Gasteiger partial charge in [-0.05, 0) is 25.8 Å². The molecule has 0 heterocycles. The van der Waals surface area contributed by atoms with Crippen LogP contribution in [0.15, 0.2) is 53.8 Å². The first kappa shape index (κ1) is 25.9. The van der Waals surface area contributed by atoms with Gasteiger partial charge in [-0.2, -0.15) is 0 Å². The number of methoxy groups -OCH3 is 2. The van der Waals surface area contributed by atoms with Crippen LogP contribution in [0.1, 0.15) is 52.5 Å². The van der Waals surface area contributed by atoms with E-state index in [0.717, 1.165) is 23.7 Å². The van der Waals surface area contributed by atoms with E-state index < -0.39 is 31.3 Å². The minimum atomic E-state index is -1.60. The van der Waals surface area contributed by atoms with E-state index in [1.807, 2.05) is 49.4 Å². The molecule has 166 valence electrons. The zero-order valence-corrected chi connectivity index (χ0v) is 20.7. The number of hydrogen-bond acceptors (Lipinski definition) is 4. The summed E-state index contributed by atoms with van der Waals surface area (Å²) < 4.78 is 10.4. The third-order valence-corrected chi connectivity index (χ3v) is 12.7. The van der Waals surface area contributed by atoms with E-state index >= 15 is 0 Å². The first-order valence-corrected chi connectivity index (χ1v) is 13.5. The second-order valence-corrected chi connectivity index (χ2v) is 13.3. The lowest BCUT2D eigenvalue weighted by Gasteiger charge is -2.35. The Morgan fingerprint density at radius 3 is 1.90 bits per heavy atom. The highest BCUT2D eigenvalue weighted by molar-refractivity contribution is 6.86. The number of esters is 2. The number of rotatable bonds is 11. The number of allylic oxidation sites excluding steroid dienone is 4. The molecule has 0 saturated heterocycles. The zero-order chi connectivity index (χ0) is 22.8. The van der Waals surface area contributed by atoms with Gasteiger partial charge in [0.2, 0.25) is 0 Å². The molecule has 1 atom stereocenters. The fraction of sp³-hybridized carbons (Fsp3) is 0.520. The van der Waals surface area contributed by atoms with Crippen LogP contribution in [0.2, 0.25) is 18.1 Å². The molecule has 0 aromatic heterocycles. The monoisotopic (exact) mass is 430 g/mol. The maximum Gasteiger partial charge on any atom is 0.324 e. The van der Waals surface area contributed by atoms with Gasteiger partial charge in [0.25, 0.3) is 0 Å². The van der Waals surface area contributed by atoms with Crippen LogP contribution < -0.4 is 0 Å². The second kappa shape index (κ2) is 11.9. The van der Waals surface area contributed by atoms with Crippen LogP contribution in [0, 0.1) is 5.41 Å². The van der Waals surface area contributed by atoms with Crippen molar-refractivity contribution in [3.05, 3.63) is 59.3 Å². The molecule has 1 unspecified atom stereocenters. The highest BCUT2D eigenvalue weighted by atomic mass is 28.3. The Hall–Kier alpha value is -2.14. The van der Waals surface area contributed by atoms with Gasteiger partial charge in [0.1, 0.15) is 0 Å². The Bertz CT molecular complexity index is 723. The summed E-state index contributed by atoms with van der Waals surface area (Å²) in [5, 5.41) is 1.33. The Morgan fingerprint density at radius 1 is 1.00 bits per heavy atom. The Labute approximate surface area is 183 Å². The van der Waals surface area contributed by atoms with Crippen LogP contribution in [0.4, 0.5) is 0 Å². The van der Waals surface area contributed by atoms with Crippen LogP contribution in [-0.2, 0) is 19.1 Å². The number of benzene rings is 1. The van der Waals surface area contributed by atoms with E-state index in [4.69, 9.17) is 9.47 Å². The highest BCUT2D eigenvalue weighted by Crippen LogP contribution is 2.44. The Balaban J connectivity index is 3.71. The summed E-state index contributed by atoms with van der Waals surface area (Å²) in [6.45, 7) is 10.8. The molecule has 1 rings (SSSR count). The van der Waals surface area contributed by atoms with E-state index in [0.29, 0.717) is 0 Å². The van der Waals surface area contributed by atoms with Gasteiger partial charge in [0, 0.05) is 5.92 Å². The predicted molar refractivity (Wildman–Crippen MR) is 126 cm³/mol. The number of ether oxygens (including phenoxy) is 2. The van der Waals surface area contributed by atoms with Crippen LogP contribution in [0.25, 0.3) is 0 Å². The molecule has 30 heavy (non-hydrogen) atoms. The summed E-state index contributed by atoms with van der Waals surface area (Å²) in [5.41, 5.74) is -0.601. The molecule has 0 aliphatic heterocycles. The molecule has 0 amide bonds. The molecule has 0 radical (unpaired) electrons. The first-order chi connectivity index (χ1) is 14.3. The molecule has 1 aromatic rings. The number of carbonyl (C=O) groups excluding carboxylic acids is 2. The van der Waals surface area contributed by atoms with Crippen LogP contribution in [0.3, 0.4) is 0 Å². The van der Waals surface area contributed by atoms with Gasteiger partial charge in [0.15, 0.2) is 5.41 Å². The molecule has 0 aliphatic rings. The lowest BCUT2D eigenvalue weighted by Crippen LogP contribution is -2.46. The number of hydrogen-bond donors (Lipinski definition) is 0. The first-order valence-electron chi connectivity index (χ1n) is 10.8. The van der Waals surface area contributed by atoms with Crippen LogP contribution >= 0.6 is 0 Å². The van der Waals surface area contributed by atoms with Crippen molar-refractivity contribution in [3.8, 4) is 0 Å². The Morgan fingerprint density at radius 2 is 1.50 bits per heavy atom. The molecule has 4 nitrogen and oxygen atoms in total. The molecule has 5 heteroatoms. The third kappa shape index (κ3) is 5.12. The predicted octanol–water partition coefficient (Wildman–Crippen LogP) is 6.06. The van der Waals surface area contributed by atoms with Gasteiger partial charge in [-0.25, -0.2) is 0 Å². The largest absolute Gasteiger partial charge is 0.468 e. The molecular weight excluding hydrogens is 392 g/mol. The van der Waals surface area contributed by atoms with Crippen molar-refractivity contribution in [2.75, 3.05) is 14.2 Å². The maximum atomic E-state index is 13.2. The standard InChI is InChI=1S/C25H38O4Si/c1-8-15-22(21-16-13-12-14-17-21)25(23(26)28-6,24(27)29-7)19-18-20(5)30(9-2,10-3)11-4/h8,12-18,22H,9-11,19H2,1-7H3/b15-8+,20-18+. The smallest absolute Gasteiger partial charge is 0.324 e. The minimum Gasteiger partial charge on any atom is -0.468 e. The fourth-order valence-corrected chi connectivity index (χ4v) is 8.23. The van der Waals surface area contributed by atoms with E-state index in [9.17, 15) is 9.59 Å². The molecule has 1 aromatic carbocycles. The van der Waals surface area contributed by atoms with E-state index in [1.54, 1.807) is 0 Å². The van der Waals surface area contributed by atoms with Crippen molar-refractivity contribution in [2.45, 2.75) is 65.1 Å². The van der Waals surface area contributed by atoms with Gasteiger partial charge < -0.3 is 9.47 Å². The quantitative estimate of drug-likeness (QED) is 0.185. The van der Waals surface area contributed by atoms with Gasteiger partial charge in [0.05, 0.1) is 22.3 Å².